The summed E-state index contributed by atoms with van der Waals surface area (Å²) in [5, 5.41) is 3.29. The van der Waals surface area contributed by atoms with Crippen LogP contribution >= 0.6 is 0 Å². The van der Waals surface area contributed by atoms with Crippen molar-refractivity contribution >= 4 is 11.4 Å². The van der Waals surface area contributed by atoms with Crippen LogP contribution < -0.4 is 20.5 Å². The van der Waals surface area contributed by atoms with E-state index >= 15 is 0 Å². The lowest BCUT2D eigenvalue weighted by molar-refractivity contribution is 0.355. The molecule has 100 valence electrons. The lowest BCUT2D eigenvalue weighted by Crippen LogP contribution is -2.03. The van der Waals surface area contributed by atoms with Gasteiger partial charge in [0.25, 0.3) is 0 Å². The number of ether oxygens (including phenoxy) is 2. The molecule has 0 amide bonds. The molecule has 19 heavy (non-hydrogen) atoms. The van der Waals surface area contributed by atoms with Crippen LogP contribution in [-0.4, -0.2) is 14.2 Å². The third-order valence-corrected chi connectivity index (χ3v) is 2.88. The van der Waals surface area contributed by atoms with Crippen LogP contribution in [0.25, 0.3) is 0 Å². The van der Waals surface area contributed by atoms with E-state index in [-0.39, 0.29) is 0 Å². The highest BCUT2D eigenvalue weighted by atomic mass is 16.5. The number of nitrogen functional groups attached to an aromatic ring is 1. The fraction of sp³-hybridized carbons (Fsp3) is 0.200. The molecule has 4 heteroatoms. The van der Waals surface area contributed by atoms with Crippen LogP contribution in [0, 0.1) is 0 Å². The molecule has 0 aliphatic heterocycles. The van der Waals surface area contributed by atoms with E-state index in [4.69, 9.17) is 15.2 Å². The summed E-state index contributed by atoms with van der Waals surface area (Å²) in [5.41, 5.74) is 8.65. The van der Waals surface area contributed by atoms with E-state index in [0.29, 0.717) is 23.7 Å². The van der Waals surface area contributed by atoms with Gasteiger partial charge in [-0.15, -0.1) is 0 Å². The predicted octanol–water partition coefficient (Wildman–Crippen LogP) is 2.90. The molecular formula is C15H18N2O2. The Morgan fingerprint density at radius 1 is 1.00 bits per heavy atom. The Morgan fingerprint density at radius 3 is 2.26 bits per heavy atom. The maximum atomic E-state index is 5.99. The van der Waals surface area contributed by atoms with Crippen molar-refractivity contribution in [2.75, 3.05) is 25.3 Å². The molecule has 0 saturated heterocycles. The Hall–Kier alpha value is -2.36. The van der Waals surface area contributed by atoms with Gasteiger partial charge in [0, 0.05) is 18.7 Å². The maximum absolute atomic E-state index is 5.99. The van der Waals surface area contributed by atoms with Gasteiger partial charge in [-0.25, -0.2) is 0 Å². The minimum absolute atomic E-state index is 0.630. The van der Waals surface area contributed by atoms with Gasteiger partial charge >= 0.3 is 0 Å². The van der Waals surface area contributed by atoms with E-state index in [1.807, 2.05) is 24.3 Å². The maximum Gasteiger partial charge on any atom is 0.162 e. The van der Waals surface area contributed by atoms with Crippen molar-refractivity contribution in [3.05, 3.63) is 48.0 Å². The second-order valence-corrected chi connectivity index (χ2v) is 4.13. The molecule has 0 fully saturated rings. The zero-order valence-electron chi connectivity index (χ0n) is 11.1. The summed E-state index contributed by atoms with van der Waals surface area (Å²) in [6, 6.07) is 13.7. The molecule has 2 aromatic carbocycles. The monoisotopic (exact) mass is 258 g/mol. The molecule has 0 aliphatic carbocycles. The number of nitrogens with one attached hydrogen (secondary N) is 1. The molecule has 0 unspecified atom stereocenters. The molecule has 0 spiro atoms. The smallest absolute Gasteiger partial charge is 0.162 e. The highest BCUT2D eigenvalue weighted by molar-refractivity contribution is 5.72. The van der Waals surface area contributed by atoms with Gasteiger partial charge in [0.15, 0.2) is 11.5 Å². The summed E-state index contributed by atoms with van der Waals surface area (Å²) < 4.78 is 10.5. The first kappa shape index (κ1) is 13.1. The molecule has 0 aromatic heterocycles. The molecule has 0 bridgehead atoms. The van der Waals surface area contributed by atoms with Crippen molar-refractivity contribution in [1.29, 1.82) is 0 Å². The normalized spacial score (nSPS) is 10.0. The number of methoxy groups -OCH3 is 2. The third-order valence-electron chi connectivity index (χ3n) is 2.88. The predicted molar refractivity (Wildman–Crippen MR) is 77.7 cm³/mol. The minimum atomic E-state index is 0.630. The molecule has 3 N–H and O–H groups in total. The van der Waals surface area contributed by atoms with Gasteiger partial charge in [0.05, 0.1) is 25.6 Å². The van der Waals surface area contributed by atoms with Crippen LogP contribution in [0.4, 0.5) is 11.4 Å². The third kappa shape index (κ3) is 3.10. The molecule has 0 saturated carbocycles. The highest BCUT2D eigenvalue weighted by Gasteiger charge is 2.08. The van der Waals surface area contributed by atoms with Crippen molar-refractivity contribution in [3.8, 4) is 11.5 Å². The summed E-state index contributed by atoms with van der Waals surface area (Å²) in [6.07, 6.45) is 0. The van der Waals surface area contributed by atoms with Crippen LogP contribution in [0.1, 0.15) is 5.56 Å². The van der Waals surface area contributed by atoms with Crippen LogP contribution in [0.2, 0.25) is 0 Å². The summed E-state index contributed by atoms with van der Waals surface area (Å²) >= 11 is 0. The summed E-state index contributed by atoms with van der Waals surface area (Å²) in [4.78, 5) is 0. The van der Waals surface area contributed by atoms with Gasteiger partial charge in [-0.3, -0.25) is 0 Å². The van der Waals surface area contributed by atoms with Crippen molar-refractivity contribution in [2.45, 2.75) is 6.54 Å². The molecule has 0 aliphatic rings. The van der Waals surface area contributed by atoms with Crippen LogP contribution in [0.15, 0.2) is 42.5 Å². The van der Waals surface area contributed by atoms with Crippen molar-refractivity contribution in [2.24, 2.45) is 0 Å². The molecule has 4 nitrogen and oxygen atoms in total. The van der Waals surface area contributed by atoms with E-state index in [2.05, 4.69) is 17.4 Å². The van der Waals surface area contributed by atoms with Crippen molar-refractivity contribution in [1.82, 2.24) is 0 Å². The molecule has 0 heterocycles. The number of anilines is 2. The van der Waals surface area contributed by atoms with Crippen LogP contribution in [0.5, 0.6) is 11.5 Å². The Bertz CT molecular complexity index is 541. The topological polar surface area (TPSA) is 56.5 Å². The second-order valence-electron chi connectivity index (χ2n) is 4.13. The number of hydrogen-bond acceptors (Lipinski definition) is 4. The van der Waals surface area contributed by atoms with E-state index < -0.39 is 0 Å². The van der Waals surface area contributed by atoms with Gasteiger partial charge < -0.3 is 20.5 Å². The fourth-order valence-corrected chi connectivity index (χ4v) is 1.84. The first-order valence-electron chi connectivity index (χ1n) is 6.04. The molecule has 0 radical (unpaired) electrons. The average molecular weight is 258 g/mol. The van der Waals surface area contributed by atoms with Crippen molar-refractivity contribution < 1.29 is 9.47 Å². The van der Waals surface area contributed by atoms with E-state index in [9.17, 15) is 0 Å². The van der Waals surface area contributed by atoms with Gasteiger partial charge in [-0.1, -0.05) is 30.3 Å². The standard InChI is InChI=1S/C15H18N2O2/c1-18-14-8-12(16)13(9-15(14)19-2)17-10-11-6-4-3-5-7-11/h3-9,17H,10,16H2,1-2H3. The Balaban J connectivity index is 2.16. The highest BCUT2D eigenvalue weighted by Crippen LogP contribution is 2.34. The molecule has 0 atom stereocenters. The molecular weight excluding hydrogens is 240 g/mol. The Kier molecular flexibility index (Phi) is 4.13. The lowest BCUT2D eigenvalue weighted by Gasteiger charge is -2.14. The zero-order chi connectivity index (χ0) is 13.7. The minimum Gasteiger partial charge on any atom is -0.493 e. The van der Waals surface area contributed by atoms with Crippen LogP contribution in [0.3, 0.4) is 0 Å². The summed E-state index contributed by atoms with van der Waals surface area (Å²) in [6.45, 7) is 0.709. The fourth-order valence-electron chi connectivity index (χ4n) is 1.84. The van der Waals surface area contributed by atoms with Gasteiger partial charge in [0.2, 0.25) is 0 Å². The van der Waals surface area contributed by atoms with Gasteiger partial charge in [0.1, 0.15) is 0 Å². The first-order valence-corrected chi connectivity index (χ1v) is 6.04. The quantitative estimate of drug-likeness (QED) is 0.810. The van der Waals surface area contributed by atoms with E-state index in [0.717, 1.165) is 5.69 Å². The second kappa shape index (κ2) is 6.00. The molecule has 2 rings (SSSR count). The largest absolute Gasteiger partial charge is 0.493 e. The zero-order valence-corrected chi connectivity index (χ0v) is 11.1. The SMILES string of the molecule is COc1cc(N)c(NCc2ccccc2)cc1OC. The number of rotatable bonds is 5. The number of benzene rings is 2. The number of hydrogen-bond donors (Lipinski definition) is 2. The van der Waals surface area contributed by atoms with Gasteiger partial charge in [-0.2, -0.15) is 0 Å². The average Bonchev–Trinajstić information content (AvgIpc) is 2.46. The van der Waals surface area contributed by atoms with Crippen molar-refractivity contribution in [3.63, 3.8) is 0 Å². The van der Waals surface area contributed by atoms with E-state index in [1.165, 1.54) is 5.56 Å². The summed E-state index contributed by atoms with van der Waals surface area (Å²) in [5.74, 6) is 1.29. The van der Waals surface area contributed by atoms with E-state index in [1.54, 1.807) is 20.3 Å². The number of nitrogens with two attached hydrogens (primary N) is 1. The first-order chi connectivity index (χ1) is 9.24. The lowest BCUT2D eigenvalue weighted by atomic mass is 10.2. The summed E-state index contributed by atoms with van der Waals surface area (Å²) in [7, 11) is 3.20. The van der Waals surface area contributed by atoms with Crippen LogP contribution in [-0.2, 0) is 6.54 Å². The van der Waals surface area contributed by atoms with Gasteiger partial charge in [-0.05, 0) is 5.56 Å². The Morgan fingerprint density at radius 2 is 1.63 bits per heavy atom. The Labute approximate surface area is 113 Å². The molecule has 2 aromatic rings.